The number of primary sulfonamides is 1. The number of hydrogen-bond acceptors (Lipinski definition) is 3. The number of rotatable bonds is 3. The van der Waals surface area contributed by atoms with Crippen LogP contribution in [-0.2, 0) is 10.0 Å². The van der Waals surface area contributed by atoms with Gasteiger partial charge in [0.15, 0.2) is 0 Å². The van der Waals surface area contributed by atoms with Crippen LogP contribution in [0.5, 0.6) is 0 Å². The molecular weight excluding hydrogens is 188 g/mol. The fraction of sp³-hybridized carbons (Fsp3) is 1.00. The first kappa shape index (κ1) is 13.7. The van der Waals surface area contributed by atoms with Crippen LogP contribution in [0.25, 0.3) is 0 Å². The highest BCUT2D eigenvalue weighted by Crippen LogP contribution is 2.06. The predicted molar refractivity (Wildman–Crippen MR) is 48.0 cm³/mol. The van der Waals surface area contributed by atoms with Crippen LogP contribution in [0.15, 0.2) is 0 Å². The van der Waals surface area contributed by atoms with E-state index in [1.807, 2.05) is 0 Å². The lowest BCUT2D eigenvalue weighted by molar-refractivity contribution is 0.534. The third-order valence-corrected chi connectivity index (χ3v) is 2.98. The van der Waals surface area contributed by atoms with Crippen molar-refractivity contribution in [1.29, 1.82) is 0 Å². The van der Waals surface area contributed by atoms with E-state index < -0.39 is 15.3 Å². The summed E-state index contributed by atoms with van der Waals surface area (Å²) < 4.78 is 21.4. The maximum atomic E-state index is 10.7. The van der Waals surface area contributed by atoms with E-state index >= 15 is 0 Å². The molecule has 0 rings (SSSR count). The van der Waals surface area contributed by atoms with Gasteiger partial charge >= 0.3 is 0 Å². The van der Waals surface area contributed by atoms with Gasteiger partial charge in [-0.15, -0.1) is 12.4 Å². The van der Waals surface area contributed by atoms with Crippen LogP contribution < -0.4 is 10.9 Å². The number of hydrogen-bond donors (Lipinski definition) is 2. The summed E-state index contributed by atoms with van der Waals surface area (Å²) >= 11 is 0. The molecule has 0 aliphatic carbocycles. The van der Waals surface area contributed by atoms with E-state index in [0.717, 1.165) is 0 Å². The van der Waals surface area contributed by atoms with Crippen molar-refractivity contribution in [3.8, 4) is 0 Å². The molecule has 0 saturated carbocycles. The van der Waals surface area contributed by atoms with Gasteiger partial charge < -0.3 is 5.73 Å². The summed E-state index contributed by atoms with van der Waals surface area (Å²) in [6.45, 7) is 3.65. The van der Waals surface area contributed by atoms with E-state index in [4.69, 9.17) is 10.9 Å². The van der Waals surface area contributed by atoms with Gasteiger partial charge in [0.25, 0.3) is 0 Å². The Balaban J connectivity index is 0. The first-order chi connectivity index (χ1) is 4.39. The van der Waals surface area contributed by atoms with E-state index in [9.17, 15) is 8.42 Å². The second kappa shape index (κ2) is 4.92. The van der Waals surface area contributed by atoms with Gasteiger partial charge in [-0.05, 0) is 5.92 Å². The second-order valence-corrected chi connectivity index (χ2v) is 4.39. The maximum absolute atomic E-state index is 10.7. The lowest BCUT2D eigenvalue weighted by Crippen LogP contribution is -2.38. The molecule has 0 saturated heterocycles. The van der Waals surface area contributed by atoms with Crippen LogP contribution in [0.1, 0.15) is 13.8 Å². The van der Waals surface area contributed by atoms with Gasteiger partial charge in [-0.1, -0.05) is 13.8 Å². The molecule has 0 aromatic heterocycles. The van der Waals surface area contributed by atoms with Gasteiger partial charge in [-0.3, -0.25) is 0 Å². The molecule has 1 atom stereocenters. The van der Waals surface area contributed by atoms with Crippen molar-refractivity contribution < 1.29 is 8.42 Å². The average molecular weight is 203 g/mol. The summed E-state index contributed by atoms with van der Waals surface area (Å²) in [7, 11) is -3.44. The number of halogens is 1. The Kier molecular flexibility index (Phi) is 6.14. The lowest BCUT2D eigenvalue weighted by Gasteiger charge is -2.15. The molecule has 0 aromatic carbocycles. The van der Waals surface area contributed by atoms with Crippen LogP contribution in [0, 0.1) is 5.92 Å². The molecule has 70 valence electrons. The monoisotopic (exact) mass is 202 g/mol. The van der Waals surface area contributed by atoms with Gasteiger partial charge in [-0.25, -0.2) is 13.6 Å². The largest absolute Gasteiger partial charge is 0.329 e. The van der Waals surface area contributed by atoms with Crippen LogP contribution in [0.2, 0.25) is 0 Å². The molecule has 0 heterocycles. The summed E-state index contributed by atoms with van der Waals surface area (Å²) in [4.78, 5) is 0. The zero-order chi connectivity index (χ0) is 8.36. The van der Waals surface area contributed by atoms with Crippen molar-refractivity contribution >= 4 is 22.4 Å². The number of nitrogens with two attached hydrogens (primary N) is 2. The lowest BCUT2D eigenvalue weighted by atomic mass is 10.1. The molecule has 0 radical (unpaired) electrons. The fourth-order valence-corrected chi connectivity index (χ4v) is 1.81. The molecule has 0 aromatic rings. The van der Waals surface area contributed by atoms with Crippen molar-refractivity contribution in [2.45, 2.75) is 19.1 Å². The third-order valence-electron chi connectivity index (χ3n) is 1.40. The van der Waals surface area contributed by atoms with Crippen molar-refractivity contribution in [1.82, 2.24) is 0 Å². The minimum atomic E-state index is -3.44. The molecule has 0 aliphatic rings. The molecule has 4 N–H and O–H groups in total. The van der Waals surface area contributed by atoms with Gasteiger partial charge in [0, 0.05) is 6.54 Å². The van der Waals surface area contributed by atoms with E-state index in [-0.39, 0.29) is 24.9 Å². The van der Waals surface area contributed by atoms with Gasteiger partial charge in [-0.2, -0.15) is 0 Å². The highest BCUT2D eigenvalue weighted by Gasteiger charge is 2.22. The predicted octanol–water partition coefficient (Wildman–Crippen LogP) is -0.320. The van der Waals surface area contributed by atoms with E-state index in [1.54, 1.807) is 13.8 Å². The van der Waals surface area contributed by atoms with Crippen LogP contribution in [0.3, 0.4) is 0 Å². The SMILES string of the molecule is CC(C)[C@@H](CN)S(N)(=O)=O.Cl. The quantitative estimate of drug-likeness (QED) is 0.658. The van der Waals surface area contributed by atoms with Gasteiger partial charge in [0.05, 0.1) is 5.25 Å². The Hall–Kier alpha value is 0.160. The van der Waals surface area contributed by atoms with Gasteiger partial charge in [0.1, 0.15) is 0 Å². The highest BCUT2D eigenvalue weighted by molar-refractivity contribution is 7.89. The molecular formula is C5H15ClN2O2S. The summed E-state index contributed by atoms with van der Waals surface area (Å²) in [6.07, 6.45) is 0. The summed E-state index contributed by atoms with van der Waals surface area (Å²) in [5.74, 6) is -0.0139. The molecule has 0 bridgehead atoms. The minimum Gasteiger partial charge on any atom is -0.329 e. The summed E-state index contributed by atoms with van der Waals surface area (Å²) in [5.41, 5.74) is 5.20. The third kappa shape index (κ3) is 4.58. The highest BCUT2D eigenvalue weighted by atomic mass is 35.5. The smallest absolute Gasteiger partial charge is 0.213 e. The van der Waals surface area contributed by atoms with Crippen molar-refractivity contribution in [2.75, 3.05) is 6.54 Å². The Morgan fingerprint density at radius 2 is 1.73 bits per heavy atom. The normalized spacial score (nSPS) is 14.3. The van der Waals surface area contributed by atoms with Crippen molar-refractivity contribution in [3.63, 3.8) is 0 Å². The molecule has 11 heavy (non-hydrogen) atoms. The molecule has 0 aliphatic heterocycles. The standard InChI is InChI=1S/C5H14N2O2S.ClH/c1-4(2)5(3-6)10(7,8)9;/h4-5H,3,6H2,1-2H3,(H2,7,8,9);1H/t5-;/m1./s1. The zero-order valence-electron chi connectivity index (χ0n) is 6.65. The Labute approximate surface area is 73.8 Å². The molecule has 6 heteroatoms. The fourth-order valence-electron chi connectivity index (χ4n) is 0.786. The Morgan fingerprint density at radius 3 is 1.73 bits per heavy atom. The summed E-state index contributed by atoms with van der Waals surface area (Å²) in [5, 5.41) is 4.28. The zero-order valence-corrected chi connectivity index (χ0v) is 8.28. The first-order valence-corrected chi connectivity index (χ1v) is 4.72. The van der Waals surface area contributed by atoms with Crippen LogP contribution in [0.4, 0.5) is 0 Å². The minimum absolute atomic E-state index is 0. The first-order valence-electron chi connectivity index (χ1n) is 3.11. The van der Waals surface area contributed by atoms with Crippen LogP contribution in [-0.4, -0.2) is 20.2 Å². The van der Waals surface area contributed by atoms with E-state index in [0.29, 0.717) is 0 Å². The van der Waals surface area contributed by atoms with Gasteiger partial charge in [0.2, 0.25) is 10.0 Å². The second-order valence-electron chi connectivity index (χ2n) is 2.61. The van der Waals surface area contributed by atoms with Crippen molar-refractivity contribution in [3.05, 3.63) is 0 Å². The topological polar surface area (TPSA) is 86.2 Å². The maximum Gasteiger partial charge on any atom is 0.213 e. The molecule has 0 unspecified atom stereocenters. The molecule has 0 fully saturated rings. The van der Waals surface area contributed by atoms with Crippen LogP contribution >= 0.6 is 12.4 Å². The Bertz CT molecular complexity index is 191. The van der Waals surface area contributed by atoms with E-state index in [2.05, 4.69) is 0 Å². The average Bonchev–Trinajstić information content (AvgIpc) is 1.60. The Morgan fingerprint density at radius 1 is 1.36 bits per heavy atom. The summed E-state index contributed by atoms with van der Waals surface area (Å²) in [6, 6.07) is 0. The molecule has 4 nitrogen and oxygen atoms in total. The van der Waals surface area contributed by atoms with E-state index in [1.165, 1.54) is 0 Å². The number of sulfonamides is 1. The molecule has 0 amide bonds. The van der Waals surface area contributed by atoms with Crippen molar-refractivity contribution in [2.24, 2.45) is 16.8 Å². The molecule has 0 spiro atoms.